The topological polar surface area (TPSA) is 43.4 Å². The van der Waals surface area contributed by atoms with Gasteiger partial charge in [-0.1, -0.05) is 61.5 Å². The van der Waals surface area contributed by atoms with Crippen molar-refractivity contribution in [3.63, 3.8) is 0 Å². The number of ketones is 1. The number of Topliss-reactive ketones (excluding diaryl/α,β-unsaturated/α-hetero) is 1. The van der Waals surface area contributed by atoms with Crippen LogP contribution in [0.15, 0.2) is 83.8 Å². The number of carbonyl (C=O) groups excluding carboxylic acids is 1. The van der Waals surface area contributed by atoms with Gasteiger partial charge in [-0.05, 0) is 90.8 Å². The van der Waals surface area contributed by atoms with Crippen LogP contribution < -0.4 is 4.74 Å². The highest BCUT2D eigenvalue weighted by molar-refractivity contribution is 7.86. The Morgan fingerprint density at radius 1 is 0.971 bits per heavy atom. The monoisotopic (exact) mass is 484 g/mol. The van der Waals surface area contributed by atoms with E-state index < -0.39 is 10.8 Å². The average Bonchev–Trinajstić information content (AvgIpc) is 3.18. The molecule has 0 saturated heterocycles. The second kappa shape index (κ2) is 9.05. The highest BCUT2D eigenvalue weighted by atomic mass is 32.2. The SMILES string of the molecule is C[C@]12CC[C@@H]3c4ccc(OCc5ccccc5)cc4CC[C@H]3[C@@H]1CC(S(=O)c1ccccc1)C2=O. The molecule has 3 nitrogen and oxygen atoms in total. The molecule has 0 amide bonds. The normalized spacial score (nSPS) is 30.1. The molecule has 2 fully saturated rings. The van der Waals surface area contributed by atoms with Gasteiger partial charge in [0.05, 0.1) is 16.0 Å². The molecule has 3 aromatic carbocycles. The first-order valence-electron chi connectivity index (χ1n) is 12.8. The zero-order valence-corrected chi connectivity index (χ0v) is 21.0. The van der Waals surface area contributed by atoms with Gasteiger partial charge < -0.3 is 4.74 Å². The summed E-state index contributed by atoms with van der Waals surface area (Å²) >= 11 is 0. The van der Waals surface area contributed by atoms with Crippen molar-refractivity contribution in [2.75, 3.05) is 0 Å². The molecule has 0 spiro atoms. The third-order valence-electron chi connectivity index (χ3n) is 8.89. The van der Waals surface area contributed by atoms with E-state index in [0.717, 1.165) is 42.7 Å². The Hall–Kier alpha value is -2.72. The fourth-order valence-corrected chi connectivity index (χ4v) is 8.66. The molecule has 35 heavy (non-hydrogen) atoms. The van der Waals surface area contributed by atoms with E-state index in [1.165, 1.54) is 16.7 Å². The summed E-state index contributed by atoms with van der Waals surface area (Å²) in [6.45, 7) is 2.74. The van der Waals surface area contributed by atoms with Crippen molar-refractivity contribution in [2.45, 2.75) is 61.7 Å². The van der Waals surface area contributed by atoms with Gasteiger partial charge in [0.25, 0.3) is 0 Å². The van der Waals surface area contributed by atoms with Crippen LogP contribution >= 0.6 is 0 Å². The molecule has 3 aromatic rings. The van der Waals surface area contributed by atoms with E-state index in [2.05, 4.69) is 37.3 Å². The quantitative estimate of drug-likeness (QED) is 0.416. The average molecular weight is 485 g/mol. The van der Waals surface area contributed by atoms with Crippen LogP contribution in [0.2, 0.25) is 0 Å². The van der Waals surface area contributed by atoms with E-state index in [9.17, 15) is 9.00 Å². The van der Waals surface area contributed by atoms with E-state index in [1.807, 2.05) is 48.5 Å². The second-order valence-electron chi connectivity index (χ2n) is 10.7. The van der Waals surface area contributed by atoms with Gasteiger partial charge in [0.2, 0.25) is 0 Å². The number of hydrogen-bond acceptors (Lipinski definition) is 3. The van der Waals surface area contributed by atoms with Gasteiger partial charge in [-0.15, -0.1) is 0 Å². The van der Waals surface area contributed by atoms with Gasteiger partial charge in [-0.3, -0.25) is 9.00 Å². The molecular weight excluding hydrogens is 452 g/mol. The maximum Gasteiger partial charge on any atom is 0.154 e. The van der Waals surface area contributed by atoms with E-state index in [1.54, 1.807) is 0 Å². The van der Waals surface area contributed by atoms with E-state index >= 15 is 0 Å². The zero-order chi connectivity index (χ0) is 24.0. The molecule has 4 heteroatoms. The molecule has 0 aliphatic heterocycles. The van der Waals surface area contributed by atoms with Crippen LogP contribution in [0.25, 0.3) is 0 Å². The number of aryl methyl sites for hydroxylation is 1. The molecule has 3 aliphatic rings. The summed E-state index contributed by atoms with van der Waals surface area (Å²) < 4.78 is 19.5. The molecule has 180 valence electrons. The Morgan fingerprint density at radius 3 is 2.49 bits per heavy atom. The van der Waals surface area contributed by atoms with Crippen molar-refractivity contribution in [1.29, 1.82) is 0 Å². The lowest BCUT2D eigenvalue weighted by Crippen LogP contribution is -2.43. The van der Waals surface area contributed by atoms with Crippen LogP contribution in [0.5, 0.6) is 5.75 Å². The first kappa shape index (κ1) is 22.7. The van der Waals surface area contributed by atoms with Crippen molar-refractivity contribution in [1.82, 2.24) is 0 Å². The number of ether oxygens (including phenoxy) is 1. The fourth-order valence-electron chi connectivity index (χ4n) is 7.06. The number of carbonyl (C=O) groups is 1. The molecule has 0 aromatic heterocycles. The number of benzene rings is 3. The summed E-state index contributed by atoms with van der Waals surface area (Å²) in [5, 5.41) is -0.374. The van der Waals surface area contributed by atoms with Crippen molar-refractivity contribution < 1.29 is 13.7 Å². The largest absolute Gasteiger partial charge is 0.489 e. The molecule has 3 aliphatic carbocycles. The Kier molecular flexibility index (Phi) is 5.88. The van der Waals surface area contributed by atoms with Crippen LogP contribution in [0.1, 0.15) is 55.2 Å². The van der Waals surface area contributed by atoms with Crippen LogP contribution in [0, 0.1) is 17.3 Å². The third-order valence-corrected chi connectivity index (χ3v) is 10.6. The molecule has 2 unspecified atom stereocenters. The minimum Gasteiger partial charge on any atom is -0.489 e. The summed E-state index contributed by atoms with van der Waals surface area (Å²) in [6.07, 6.45) is 4.80. The lowest BCUT2D eigenvalue weighted by molar-refractivity contribution is -0.129. The Bertz CT molecular complexity index is 1250. The Labute approximate surface area is 210 Å². The van der Waals surface area contributed by atoms with Gasteiger partial charge >= 0.3 is 0 Å². The summed E-state index contributed by atoms with van der Waals surface area (Å²) in [5.41, 5.74) is 3.67. The maximum atomic E-state index is 13.6. The van der Waals surface area contributed by atoms with Gasteiger partial charge in [-0.25, -0.2) is 0 Å². The van der Waals surface area contributed by atoms with Crippen molar-refractivity contribution >= 4 is 16.6 Å². The Morgan fingerprint density at radius 2 is 1.71 bits per heavy atom. The summed E-state index contributed by atoms with van der Waals surface area (Å²) in [4.78, 5) is 14.4. The number of fused-ring (bicyclic) bond motifs is 5. The van der Waals surface area contributed by atoms with Crippen molar-refractivity contribution in [2.24, 2.45) is 17.3 Å². The molecule has 6 atom stereocenters. The lowest BCUT2D eigenvalue weighted by Gasteiger charge is -2.48. The van der Waals surface area contributed by atoms with E-state index in [-0.39, 0.29) is 16.4 Å². The van der Waals surface area contributed by atoms with Crippen LogP contribution in [0.4, 0.5) is 0 Å². The smallest absolute Gasteiger partial charge is 0.154 e. The van der Waals surface area contributed by atoms with Gasteiger partial charge in [0, 0.05) is 10.3 Å². The van der Waals surface area contributed by atoms with Crippen LogP contribution in [0.3, 0.4) is 0 Å². The molecule has 0 heterocycles. The van der Waals surface area contributed by atoms with Gasteiger partial charge in [-0.2, -0.15) is 0 Å². The predicted molar refractivity (Wildman–Crippen MR) is 139 cm³/mol. The minimum absolute atomic E-state index is 0.235. The Balaban J connectivity index is 1.21. The standard InChI is InChI=1S/C31H32O3S/c1-31-17-16-26-25-15-13-23(34-20-21-8-4-2-5-9-21)18-22(25)12-14-27(26)28(31)19-29(30(31)32)35(33)24-10-6-3-7-11-24/h2-11,13,15,18,26-29H,12,14,16-17,19-20H2,1H3/t26-,27-,28+,29?,31+,35?/m1/s1. The zero-order valence-electron chi connectivity index (χ0n) is 20.2. The molecule has 6 rings (SSSR count). The molecule has 0 N–H and O–H groups in total. The first-order chi connectivity index (χ1) is 17.0. The fraction of sp³-hybridized carbons (Fsp3) is 0.387. The highest BCUT2D eigenvalue weighted by Crippen LogP contribution is 2.60. The molecular formula is C31H32O3S. The van der Waals surface area contributed by atoms with Crippen LogP contribution in [-0.2, 0) is 28.6 Å². The minimum atomic E-state index is -1.28. The molecule has 0 bridgehead atoms. The van der Waals surface area contributed by atoms with Gasteiger partial charge in [0.1, 0.15) is 12.4 Å². The number of rotatable bonds is 5. The summed E-state index contributed by atoms with van der Waals surface area (Å²) in [5.74, 6) is 2.45. The third kappa shape index (κ3) is 3.96. The molecule has 0 radical (unpaired) electrons. The van der Waals surface area contributed by atoms with Crippen LogP contribution in [-0.4, -0.2) is 15.2 Å². The summed E-state index contributed by atoms with van der Waals surface area (Å²) in [6, 6.07) is 26.4. The number of hydrogen-bond donors (Lipinski definition) is 0. The first-order valence-corrected chi connectivity index (χ1v) is 14.1. The van der Waals surface area contributed by atoms with Gasteiger partial charge in [0.15, 0.2) is 5.78 Å². The molecule has 2 saturated carbocycles. The van der Waals surface area contributed by atoms with E-state index in [0.29, 0.717) is 24.4 Å². The van der Waals surface area contributed by atoms with Crippen molar-refractivity contribution in [3.8, 4) is 5.75 Å². The maximum absolute atomic E-state index is 13.6. The second-order valence-corrected chi connectivity index (χ2v) is 12.3. The summed E-state index contributed by atoms with van der Waals surface area (Å²) in [7, 11) is -1.28. The van der Waals surface area contributed by atoms with Crippen molar-refractivity contribution in [3.05, 3.63) is 95.6 Å². The predicted octanol–water partition coefficient (Wildman–Crippen LogP) is 6.48. The lowest BCUT2D eigenvalue weighted by atomic mass is 9.55. The highest BCUT2D eigenvalue weighted by Gasteiger charge is 2.59. The van der Waals surface area contributed by atoms with E-state index in [4.69, 9.17) is 4.74 Å².